The number of hydrogen-bond acceptors (Lipinski definition) is 3. The van der Waals surface area contributed by atoms with Gasteiger partial charge in [0.1, 0.15) is 5.75 Å². The minimum Gasteiger partial charge on any atom is -0.497 e. The first kappa shape index (κ1) is 16.4. The van der Waals surface area contributed by atoms with Crippen LogP contribution in [-0.2, 0) is 4.74 Å². The van der Waals surface area contributed by atoms with Crippen LogP contribution in [0.25, 0.3) is 0 Å². The zero-order valence-electron chi connectivity index (χ0n) is 13.9. The Labute approximate surface area is 133 Å². The number of benzene rings is 2. The van der Waals surface area contributed by atoms with Gasteiger partial charge in [-0.15, -0.1) is 0 Å². The number of nitrogens with zero attached hydrogens (tertiary/aromatic N) is 1. The van der Waals surface area contributed by atoms with Crippen molar-refractivity contribution in [2.24, 2.45) is 0 Å². The molecule has 0 atom stereocenters. The molecule has 0 radical (unpaired) electrons. The molecule has 22 heavy (non-hydrogen) atoms. The van der Waals surface area contributed by atoms with E-state index in [9.17, 15) is 0 Å². The van der Waals surface area contributed by atoms with Crippen molar-refractivity contribution in [3.8, 4) is 5.75 Å². The van der Waals surface area contributed by atoms with E-state index < -0.39 is 0 Å². The summed E-state index contributed by atoms with van der Waals surface area (Å²) in [6, 6.07) is 14.7. The molecule has 2 rings (SSSR count). The van der Waals surface area contributed by atoms with Crippen LogP contribution >= 0.6 is 0 Å². The van der Waals surface area contributed by atoms with Crippen LogP contribution in [0.2, 0.25) is 0 Å². The predicted octanol–water partition coefficient (Wildman–Crippen LogP) is 4.49. The minimum atomic E-state index is 0.695. The number of rotatable bonds is 7. The van der Waals surface area contributed by atoms with E-state index in [-0.39, 0.29) is 0 Å². The van der Waals surface area contributed by atoms with Gasteiger partial charge in [0.05, 0.1) is 13.7 Å². The summed E-state index contributed by atoms with van der Waals surface area (Å²) < 4.78 is 10.9. The first-order valence-corrected chi connectivity index (χ1v) is 7.72. The lowest BCUT2D eigenvalue weighted by atomic mass is 10.1. The summed E-state index contributed by atoms with van der Waals surface area (Å²) in [5.41, 5.74) is 4.86. The van der Waals surface area contributed by atoms with Crippen molar-refractivity contribution in [3.05, 3.63) is 53.6 Å². The molecule has 0 amide bonds. The van der Waals surface area contributed by atoms with Gasteiger partial charge in [-0.05, 0) is 44.5 Å². The van der Waals surface area contributed by atoms with Crippen molar-refractivity contribution in [1.29, 1.82) is 0 Å². The van der Waals surface area contributed by atoms with Gasteiger partial charge in [0.25, 0.3) is 0 Å². The predicted molar refractivity (Wildman–Crippen MR) is 92.4 cm³/mol. The van der Waals surface area contributed by atoms with Crippen molar-refractivity contribution < 1.29 is 9.47 Å². The molecule has 2 aromatic rings. The van der Waals surface area contributed by atoms with E-state index in [1.165, 1.54) is 16.8 Å². The van der Waals surface area contributed by atoms with Gasteiger partial charge in [-0.25, -0.2) is 0 Å². The van der Waals surface area contributed by atoms with Crippen molar-refractivity contribution in [3.63, 3.8) is 0 Å². The van der Waals surface area contributed by atoms with Crippen LogP contribution in [0.1, 0.15) is 18.1 Å². The molecule has 0 aliphatic carbocycles. The van der Waals surface area contributed by atoms with Gasteiger partial charge >= 0.3 is 0 Å². The van der Waals surface area contributed by atoms with Gasteiger partial charge in [-0.3, -0.25) is 0 Å². The van der Waals surface area contributed by atoms with Gasteiger partial charge < -0.3 is 14.4 Å². The molecule has 0 aliphatic rings. The van der Waals surface area contributed by atoms with Crippen molar-refractivity contribution in [1.82, 2.24) is 0 Å². The van der Waals surface area contributed by atoms with Crippen LogP contribution in [0, 0.1) is 13.8 Å². The summed E-state index contributed by atoms with van der Waals surface area (Å²) in [6.07, 6.45) is 0. The molecular formula is C19H25NO2. The van der Waals surface area contributed by atoms with E-state index in [0.717, 1.165) is 24.6 Å². The summed E-state index contributed by atoms with van der Waals surface area (Å²) in [5.74, 6) is 0.865. The second kappa shape index (κ2) is 7.85. The Morgan fingerprint density at radius 2 is 1.86 bits per heavy atom. The molecule has 0 heterocycles. The molecule has 118 valence electrons. The Bertz CT molecular complexity index is 610. The Morgan fingerprint density at radius 1 is 1.05 bits per heavy atom. The molecule has 3 nitrogen and oxygen atoms in total. The Morgan fingerprint density at radius 3 is 2.55 bits per heavy atom. The Kier molecular flexibility index (Phi) is 5.84. The molecule has 0 aromatic heterocycles. The lowest BCUT2D eigenvalue weighted by Crippen LogP contribution is -2.23. The molecule has 0 N–H and O–H groups in total. The monoisotopic (exact) mass is 299 g/mol. The highest BCUT2D eigenvalue weighted by Gasteiger charge is 2.12. The maximum atomic E-state index is 5.55. The average molecular weight is 299 g/mol. The first-order chi connectivity index (χ1) is 10.7. The van der Waals surface area contributed by atoms with Crippen LogP contribution in [0.15, 0.2) is 42.5 Å². The van der Waals surface area contributed by atoms with Crippen LogP contribution in [0.3, 0.4) is 0 Å². The van der Waals surface area contributed by atoms with E-state index >= 15 is 0 Å². The molecular weight excluding hydrogens is 274 g/mol. The quantitative estimate of drug-likeness (QED) is 0.703. The molecule has 0 aliphatic heterocycles. The smallest absolute Gasteiger partial charge is 0.120 e. The average Bonchev–Trinajstić information content (AvgIpc) is 2.53. The third-order valence-corrected chi connectivity index (χ3v) is 3.67. The normalized spacial score (nSPS) is 10.5. The van der Waals surface area contributed by atoms with Crippen LogP contribution in [0.5, 0.6) is 5.75 Å². The molecule has 0 unspecified atom stereocenters. The third-order valence-electron chi connectivity index (χ3n) is 3.67. The fourth-order valence-corrected chi connectivity index (χ4v) is 2.58. The summed E-state index contributed by atoms with van der Waals surface area (Å²) in [4.78, 5) is 2.28. The minimum absolute atomic E-state index is 0.695. The van der Waals surface area contributed by atoms with E-state index in [1.807, 2.05) is 19.1 Å². The van der Waals surface area contributed by atoms with E-state index in [0.29, 0.717) is 6.61 Å². The van der Waals surface area contributed by atoms with Gasteiger partial charge in [-0.1, -0.05) is 23.8 Å². The van der Waals surface area contributed by atoms with Gasteiger partial charge in [0.2, 0.25) is 0 Å². The lowest BCUT2D eigenvalue weighted by molar-refractivity contribution is 0.155. The highest BCUT2D eigenvalue weighted by atomic mass is 16.5. The standard InChI is InChI=1S/C19H25NO2/c1-5-22-12-11-20(17-7-6-8-18(14-17)21-4)19-10-9-15(2)13-16(19)3/h6-10,13-14H,5,11-12H2,1-4H3. The molecule has 0 spiro atoms. The third kappa shape index (κ3) is 4.01. The zero-order chi connectivity index (χ0) is 15.9. The van der Waals surface area contributed by atoms with Crippen LogP contribution in [0.4, 0.5) is 11.4 Å². The van der Waals surface area contributed by atoms with Gasteiger partial charge in [-0.2, -0.15) is 0 Å². The molecule has 0 bridgehead atoms. The molecule has 0 fully saturated rings. The van der Waals surface area contributed by atoms with Crippen LogP contribution < -0.4 is 9.64 Å². The summed E-state index contributed by atoms with van der Waals surface area (Å²) >= 11 is 0. The van der Waals surface area contributed by atoms with Crippen LogP contribution in [-0.4, -0.2) is 26.9 Å². The van der Waals surface area contributed by atoms with Crippen molar-refractivity contribution in [2.45, 2.75) is 20.8 Å². The number of aryl methyl sites for hydroxylation is 2. The SMILES string of the molecule is CCOCCN(c1cccc(OC)c1)c1ccc(C)cc1C. The largest absolute Gasteiger partial charge is 0.497 e. The number of ether oxygens (including phenoxy) is 2. The number of methoxy groups -OCH3 is 1. The van der Waals surface area contributed by atoms with Crippen molar-refractivity contribution in [2.75, 3.05) is 31.8 Å². The second-order valence-corrected chi connectivity index (χ2v) is 5.34. The topological polar surface area (TPSA) is 21.7 Å². The number of hydrogen-bond donors (Lipinski definition) is 0. The lowest BCUT2D eigenvalue weighted by Gasteiger charge is -2.27. The Balaban J connectivity index is 2.36. The van der Waals surface area contributed by atoms with E-state index in [2.05, 4.69) is 49.1 Å². The highest BCUT2D eigenvalue weighted by Crippen LogP contribution is 2.30. The summed E-state index contributed by atoms with van der Waals surface area (Å²) in [7, 11) is 1.70. The second-order valence-electron chi connectivity index (χ2n) is 5.34. The van der Waals surface area contributed by atoms with E-state index in [1.54, 1.807) is 7.11 Å². The fourth-order valence-electron chi connectivity index (χ4n) is 2.58. The van der Waals surface area contributed by atoms with Crippen molar-refractivity contribution >= 4 is 11.4 Å². The summed E-state index contributed by atoms with van der Waals surface area (Å²) in [6.45, 7) is 8.53. The highest BCUT2D eigenvalue weighted by molar-refractivity contribution is 5.67. The Hall–Kier alpha value is -2.00. The molecule has 0 saturated heterocycles. The number of anilines is 2. The van der Waals surface area contributed by atoms with Gasteiger partial charge in [0, 0.05) is 30.6 Å². The zero-order valence-corrected chi connectivity index (χ0v) is 13.9. The maximum Gasteiger partial charge on any atom is 0.120 e. The van der Waals surface area contributed by atoms with Gasteiger partial charge in [0.15, 0.2) is 0 Å². The molecule has 3 heteroatoms. The maximum absolute atomic E-state index is 5.55. The molecule has 0 saturated carbocycles. The van der Waals surface area contributed by atoms with E-state index in [4.69, 9.17) is 9.47 Å². The summed E-state index contributed by atoms with van der Waals surface area (Å²) in [5, 5.41) is 0. The fraction of sp³-hybridized carbons (Fsp3) is 0.368. The first-order valence-electron chi connectivity index (χ1n) is 7.72. The molecule has 2 aromatic carbocycles.